The van der Waals surface area contributed by atoms with Gasteiger partial charge in [0.1, 0.15) is 5.82 Å². The van der Waals surface area contributed by atoms with Gasteiger partial charge in [0.25, 0.3) is 0 Å². The highest BCUT2D eigenvalue weighted by Crippen LogP contribution is 2.32. The molecule has 0 fully saturated rings. The van der Waals surface area contributed by atoms with Crippen molar-refractivity contribution >= 4 is 45.3 Å². The second-order valence-corrected chi connectivity index (χ2v) is 6.26. The summed E-state index contributed by atoms with van der Waals surface area (Å²) in [4.78, 5) is 11.8. The lowest BCUT2D eigenvalue weighted by atomic mass is 10.2. The molecule has 1 N–H and O–H groups in total. The van der Waals surface area contributed by atoms with Crippen LogP contribution in [0.25, 0.3) is 0 Å². The Balaban J connectivity index is 2.24. The lowest BCUT2D eigenvalue weighted by Gasteiger charge is -2.08. The molecule has 2 aromatic rings. The fourth-order valence-corrected chi connectivity index (χ4v) is 3.47. The van der Waals surface area contributed by atoms with E-state index in [0.717, 1.165) is 4.47 Å². The third-order valence-corrected chi connectivity index (χ3v) is 4.61. The predicted octanol–water partition coefficient (Wildman–Crippen LogP) is 5.23. The van der Waals surface area contributed by atoms with Crippen LogP contribution in [-0.4, -0.2) is 11.1 Å². The van der Waals surface area contributed by atoms with Crippen molar-refractivity contribution in [3.63, 3.8) is 0 Å². The maximum atomic E-state index is 13.3. The summed E-state index contributed by atoms with van der Waals surface area (Å²) in [6.45, 7) is 0. The second-order valence-electron chi connectivity index (χ2n) is 3.95. The highest BCUT2D eigenvalue weighted by molar-refractivity contribution is 9.10. The monoisotopic (exact) mass is 374 g/mol. The van der Waals surface area contributed by atoms with Crippen LogP contribution in [0, 0.1) is 5.82 Å². The van der Waals surface area contributed by atoms with Crippen molar-refractivity contribution in [3.05, 3.63) is 62.8 Å². The molecule has 20 heavy (non-hydrogen) atoms. The van der Waals surface area contributed by atoms with E-state index in [9.17, 15) is 9.18 Å². The van der Waals surface area contributed by atoms with Gasteiger partial charge >= 0.3 is 5.97 Å². The van der Waals surface area contributed by atoms with Crippen LogP contribution in [0.3, 0.4) is 0 Å². The molecular weight excluding hydrogens is 367 g/mol. The first-order valence-electron chi connectivity index (χ1n) is 5.57. The number of carboxylic acids is 1. The molecule has 0 atom stereocenters. The largest absolute Gasteiger partial charge is 0.478 e. The Morgan fingerprint density at radius 2 is 2.10 bits per heavy atom. The van der Waals surface area contributed by atoms with E-state index in [2.05, 4.69) is 15.9 Å². The van der Waals surface area contributed by atoms with Gasteiger partial charge in [0.15, 0.2) is 0 Å². The Hall–Kier alpha value is -1.04. The van der Waals surface area contributed by atoms with Gasteiger partial charge in [0, 0.05) is 15.1 Å². The summed E-state index contributed by atoms with van der Waals surface area (Å²) in [5, 5.41) is 9.21. The number of thioether (sulfide) groups is 1. The molecule has 0 aromatic heterocycles. The van der Waals surface area contributed by atoms with Gasteiger partial charge in [-0.25, -0.2) is 9.18 Å². The quantitative estimate of drug-likeness (QED) is 0.743. The normalized spacial score (nSPS) is 10.6. The van der Waals surface area contributed by atoms with Crippen molar-refractivity contribution in [3.8, 4) is 0 Å². The van der Waals surface area contributed by atoms with Crippen molar-refractivity contribution in [1.82, 2.24) is 0 Å². The Bertz CT molecular complexity index is 664. The number of carbonyl (C=O) groups is 1. The highest BCUT2D eigenvalue weighted by Gasteiger charge is 2.12. The van der Waals surface area contributed by atoms with Gasteiger partial charge in [0.2, 0.25) is 0 Å². The molecule has 0 aliphatic heterocycles. The van der Waals surface area contributed by atoms with Gasteiger partial charge in [-0.1, -0.05) is 39.7 Å². The number of hydrogen-bond donors (Lipinski definition) is 1. The van der Waals surface area contributed by atoms with Crippen molar-refractivity contribution in [2.24, 2.45) is 0 Å². The Labute approximate surface area is 133 Å². The predicted molar refractivity (Wildman–Crippen MR) is 82.1 cm³/mol. The van der Waals surface area contributed by atoms with Crippen LogP contribution in [0.15, 0.2) is 45.8 Å². The van der Waals surface area contributed by atoms with Gasteiger partial charge in [0.05, 0.1) is 10.6 Å². The molecule has 0 unspecified atom stereocenters. The summed E-state index contributed by atoms with van der Waals surface area (Å²) in [5.74, 6) is -1.07. The number of hydrogen-bond acceptors (Lipinski definition) is 2. The molecule has 104 valence electrons. The van der Waals surface area contributed by atoms with Crippen molar-refractivity contribution in [1.29, 1.82) is 0 Å². The van der Waals surface area contributed by atoms with E-state index in [1.807, 2.05) is 0 Å². The third kappa shape index (κ3) is 3.53. The van der Waals surface area contributed by atoms with Crippen LogP contribution in [0.4, 0.5) is 4.39 Å². The fourth-order valence-electron chi connectivity index (χ4n) is 1.61. The zero-order valence-corrected chi connectivity index (χ0v) is 13.2. The standard InChI is InChI=1S/C14H9BrClFO2S/c15-9-4-5-10(14(18)19)12(6-9)20-7-8-2-1-3-11(17)13(8)16/h1-6H,7H2,(H,18,19). The second kappa shape index (κ2) is 6.61. The van der Waals surface area contributed by atoms with Gasteiger partial charge in [-0.3, -0.25) is 0 Å². The van der Waals surface area contributed by atoms with Gasteiger partial charge in [-0.15, -0.1) is 11.8 Å². The molecule has 0 radical (unpaired) electrons. The Morgan fingerprint density at radius 3 is 2.80 bits per heavy atom. The molecule has 0 aliphatic rings. The maximum Gasteiger partial charge on any atom is 0.336 e. The molecule has 0 spiro atoms. The van der Waals surface area contributed by atoms with Crippen LogP contribution < -0.4 is 0 Å². The molecular formula is C14H9BrClFO2S. The SMILES string of the molecule is O=C(O)c1ccc(Br)cc1SCc1cccc(F)c1Cl. The number of aromatic carboxylic acids is 1. The minimum atomic E-state index is -0.995. The molecule has 0 saturated carbocycles. The van der Waals surface area contributed by atoms with E-state index in [-0.39, 0.29) is 10.6 Å². The molecule has 2 aromatic carbocycles. The molecule has 6 heteroatoms. The summed E-state index contributed by atoms with van der Waals surface area (Å²) in [6, 6.07) is 9.51. The molecule has 0 bridgehead atoms. The minimum absolute atomic E-state index is 0.0758. The summed E-state index contributed by atoms with van der Waals surface area (Å²) < 4.78 is 14.1. The summed E-state index contributed by atoms with van der Waals surface area (Å²) in [7, 11) is 0. The number of halogens is 3. The molecule has 0 amide bonds. The van der Waals surface area contributed by atoms with E-state index in [1.165, 1.54) is 23.9 Å². The Morgan fingerprint density at radius 1 is 1.35 bits per heavy atom. The highest BCUT2D eigenvalue weighted by atomic mass is 79.9. The fraction of sp³-hybridized carbons (Fsp3) is 0.0714. The van der Waals surface area contributed by atoms with Crippen LogP contribution in [0.1, 0.15) is 15.9 Å². The molecule has 2 rings (SSSR count). The van der Waals surface area contributed by atoms with Gasteiger partial charge in [-0.05, 0) is 29.8 Å². The van der Waals surface area contributed by atoms with Crippen LogP contribution in [-0.2, 0) is 5.75 Å². The number of benzene rings is 2. The minimum Gasteiger partial charge on any atom is -0.478 e. The average Bonchev–Trinajstić information content (AvgIpc) is 2.40. The van der Waals surface area contributed by atoms with Gasteiger partial charge in [-0.2, -0.15) is 0 Å². The zero-order chi connectivity index (χ0) is 14.7. The summed E-state index contributed by atoms with van der Waals surface area (Å²) >= 11 is 10.5. The van der Waals surface area contributed by atoms with Crippen LogP contribution in [0.5, 0.6) is 0 Å². The van der Waals surface area contributed by atoms with Crippen molar-refractivity contribution in [2.45, 2.75) is 10.6 Å². The Kier molecular flexibility index (Phi) is 5.07. The van der Waals surface area contributed by atoms with Crippen LogP contribution in [0.2, 0.25) is 5.02 Å². The molecule has 2 nitrogen and oxygen atoms in total. The van der Waals surface area contributed by atoms with Gasteiger partial charge < -0.3 is 5.11 Å². The van der Waals surface area contributed by atoms with Crippen molar-refractivity contribution < 1.29 is 14.3 Å². The smallest absolute Gasteiger partial charge is 0.336 e. The molecule has 0 saturated heterocycles. The third-order valence-electron chi connectivity index (χ3n) is 2.59. The first kappa shape index (κ1) is 15.4. The first-order chi connectivity index (χ1) is 9.49. The summed E-state index contributed by atoms with van der Waals surface area (Å²) in [6.07, 6.45) is 0. The number of rotatable bonds is 4. The molecule has 0 heterocycles. The maximum absolute atomic E-state index is 13.3. The van der Waals surface area contributed by atoms with E-state index in [1.54, 1.807) is 24.3 Å². The van der Waals surface area contributed by atoms with E-state index >= 15 is 0 Å². The topological polar surface area (TPSA) is 37.3 Å². The average molecular weight is 376 g/mol. The van der Waals surface area contributed by atoms with E-state index < -0.39 is 11.8 Å². The zero-order valence-electron chi connectivity index (χ0n) is 10.1. The lowest BCUT2D eigenvalue weighted by Crippen LogP contribution is -1.99. The lowest BCUT2D eigenvalue weighted by molar-refractivity contribution is 0.0693. The molecule has 0 aliphatic carbocycles. The van der Waals surface area contributed by atoms with E-state index in [4.69, 9.17) is 16.7 Å². The summed E-state index contributed by atoms with van der Waals surface area (Å²) in [5.41, 5.74) is 0.846. The number of carboxylic acid groups (broad SMARTS) is 1. The van der Waals surface area contributed by atoms with E-state index in [0.29, 0.717) is 16.2 Å². The first-order valence-corrected chi connectivity index (χ1v) is 7.73. The van der Waals surface area contributed by atoms with Crippen molar-refractivity contribution in [2.75, 3.05) is 0 Å². The van der Waals surface area contributed by atoms with Crippen LogP contribution >= 0.6 is 39.3 Å².